The number of anilines is 1. The molecule has 7 heteroatoms. The molecule has 0 saturated carbocycles. The second-order valence-electron chi connectivity index (χ2n) is 7.22. The largest absolute Gasteiger partial charge is 0.372 e. The Morgan fingerprint density at radius 3 is 2.41 bits per heavy atom. The Morgan fingerprint density at radius 1 is 1.07 bits per heavy atom. The minimum atomic E-state index is 0. The van der Waals surface area contributed by atoms with Crippen LogP contribution in [0.15, 0.2) is 53.7 Å². The zero-order chi connectivity index (χ0) is 19.8. The molecule has 6 nitrogen and oxygen atoms in total. The molecule has 1 fully saturated rings. The van der Waals surface area contributed by atoms with Crippen LogP contribution in [-0.2, 0) is 17.8 Å². The summed E-state index contributed by atoms with van der Waals surface area (Å²) in [7, 11) is 0. The van der Waals surface area contributed by atoms with E-state index in [2.05, 4.69) is 70.5 Å². The average Bonchev–Trinajstić information content (AvgIpc) is 2.70. The number of morpholine rings is 1. The fraction of sp³-hybridized carbons (Fsp3) is 0.455. The molecule has 2 N–H and O–H groups in total. The van der Waals surface area contributed by atoms with Gasteiger partial charge in [0.15, 0.2) is 5.96 Å². The number of hydrogen-bond donors (Lipinski definition) is 2. The number of ether oxygens (including phenoxy) is 1. The summed E-state index contributed by atoms with van der Waals surface area (Å²) >= 11 is 0. The molecule has 158 valence electrons. The van der Waals surface area contributed by atoms with Gasteiger partial charge in [0.1, 0.15) is 5.82 Å². The van der Waals surface area contributed by atoms with Gasteiger partial charge in [-0.15, -0.1) is 24.0 Å². The van der Waals surface area contributed by atoms with Crippen LogP contribution in [0.5, 0.6) is 0 Å². The van der Waals surface area contributed by atoms with Crippen LogP contribution in [0.1, 0.15) is 31.9 Å². The van der Waals surface area contributed by atoms with Crippen molar-refractivity contribution in [2.24, 2.45) is 4.99 Å². The molecule has 2 atom stereocenters. The standard InChI is InChI=1S/C22H31N5O.HI/c1-4-23-22(25-12-19-8-6-5-7-9-19)26-14-20-10-11-21(24-13-20)27-15-17(2)28-18(3)16-27;/h5-11,13,17-18H,4,12,14-16H2,1-3H3,(H2,23,25,26);1H. The van der Waals surface area contributed by atoms with Crippen molar-refractivity contribution in [1.29, 1.82) is 0 Å². The van der Waals surface area contributed by atoms with Crippen LogP contribution in [0.4, 0.5) is 5.82 Å². The summed E-state index contributed by atoms with van der Waals surface area (Å²) in [5.74, 6) is 1.81. The van der Waals surface area contributed by atoms with Crippen LogP contribution in [0.2, 0.25) is 0 Å². The first-order valence-electron chi connectivity index (χ1n) is 10.1. The summed E-state index contributed by atoms with van der Waals surface area (Å²) in [5.41, 5.74) is 2.32. The topological polar surface area (TPSA) is 61.8 Å². The molecule has 0 amide bonds. The minimum Gasteiger partial charge on any atom is -0.372 e. The quantitative estimate of drug-likeness (QED) is 0.354. The van der Waals surface area contributed by atoms with Crippen LogP contribution in [0, 0.1) is 0 Å². The maximum atomic E-state index is 5.80. The van der Waals surface area contributed by atoms with Crippen molar-refractivity contribution < 1.29 is 4.74 Å². The van der Waals surface area contributed by atoms with Gasteiger partial charge in [-0.2, -0.15) is 0 Å². The number of halogens is 1. The molecule has 1 aromatic heterocycles. The van der Waals surface area contributed by atoms with Crippen LogP contribution in [-0.4, -0.2) is 42.8 Å². The molecule has 0 bridgehead atoms. The van der Waals surface area contributed by atoms with E-state index in [1.54, 1.807) is 0 Å². The van der Waals surface area contributed by atoms with Crippen molar-refractivity contribution in [3.63, 3.8) is 0 Å². The maximum Gasteiger partial charge on any atom is 0.191 e. The van der Waals surface area contributed by atoms with Gasteiger partial charge in [-0.25, -0.2) is 9.98 Å². The summed E-state index contributed by atoms with van der Waals surface area (Å²) < 4.78 is 5.80. The molecule has 1 aromatic carbocycles. The summed E-state index contributed by atoms with van der Waals surface area (Å²) in [6.07, 6.45) is 2.38. The normalized spacial score (nSPS) is 19.4. The second kappa shape index (κ2) is 12.0. The van der Waals surface area contributed by atoms with Gasteiger partial charge in [0, 0.05) is 32.4 Å². The van der Waals surface area contributed by atoms with Crippen molar-refractivity contribution in [2.45, 2.75) is 46.1 Å². The van der Waals surface area contributed by atoms with Gasteiger partial charge in [-0.05, 0) is 38.0 Å². The Hall–Kier alpha value is -1.87. The van der Waals surface area contributed by atoms with E-state index in [1.807, 2.05) is 24.4 Å². The molecule has 2 aromatic rings. The van der Waals surface area contributed by atoms with E-state index < -0.39 is 0 Å². The molecular formula is C22H32IN5O. The smallest absolute Gasteiger partial charge is 0.191 e. The Morgan fingerprint density at radius 2 is 1.79 bits per heavy atom. The zero-order valence-electron chi connectivity index (χ0n) is 17.5. The molecule has 29 heavy (non-hydrogen) atoms. The van der Waals surface area contributed by atoms with E-state index in [4.69, 9.17) is 4.74 Å². The first-order chi connectivity index (χ1) is 13.6. The van der Waals surface area contributed by atoms with Gasteiger partial charge < -0.3 is 20.3 Å². The van der Waals surface area contributed by atoms with E-state index in [0.29, 0.717) is 6.54 Å². The Balaban J connectivity index is 0.00000300. The zero-order valence-corrected chi connectivity index (χ0v) is 19.8. The first-order valence-corrected chi connectivity index (χ1v) is 10.1. The number of nitrogens with one attached hydrogen (secondary N) is 2. The predicted molar refractivity (Wildman–Crippen MR) is 130 cm³/mol. The van der Waals surface area contributed by atoms with E-state index >= 15 is 0 Å². The fourth-order valence-electron chi connectivity index (χ4n) is 3.36. The minimum absolute atomic E-state index is 0. The van der Waals surface area contributed by atoms with Crippen LogP contribution in [0.25, 0.3) is 0 Å². The van der Waals surface area contributed by atoms with Gasteiger partial charge in [-0.3, -0.25) is 0 Å². The fourth-order valence-corrected chi connectivity index (χ4v) is 3.36. The van der Waals surface area contributed by atoms with Gasteiger partial charge in [-0.1, -0.05) is 36.4 Å². The predicted octanol–water partition coefficient (Wildman–Crippen LogP) is 3.57. The third-order valence-corrected chi connectivity index (χ3v) is 4.62. The number of pyridine rings is 1. The second-order valence-corrected chi connectivity index (χ2v) is 7.22. The number of benzene rings is 1. The SMILES string of the molecule is CCNC(=NCc1ccc(N2CC(C)OC(C)C2)nc1)NCc1ccccc1.I. The molecule has 0 radical (unpaired) electrons. The van der Waals surface area contributed by atoms with Crippen LogP contribution in [0.3, 0.4) is 0 Å². The molecule has 1 aliphatic rings. The first kappa shape index (κ1) is 23.4. The van der Waals surface area contributed by atoms with Gasteiger partial charge >= 0.3 is 0 Å². The summed E-state index contributed by atoms with van der Waals surface area (Å²) in [6.45, 7) is 10.2. The highest BCUT2D eigenvalue weighted by Gasteiger charge is 2.22. The van der Waals surface area contributed by atoms with Crippen molar-refractivity contribution >= 4 is 35.8 Å². The molecule has 0 spiro atoms. The van der Waals surface area contributed by atoms with Crippen molar-refractivity contribution in [2.75, 3.05) is 24.5 Å². The third-order valence-electron chi connectivity index (χ3n) is 4.62. The molecule has 2 heterocycles. The Kier molecular flexibility index (Phi) is 9.66. The van der Waals surface area contributed by atoms with E-state index in [1.165, 1.54) is 5.56 Å². The van der Waals surface area contributed by atoms with Gasteiger partial charge in [0.05, 0.1) is 18.8 Å². The number of guanidine groups is 1. The lowest BCUT2D eigenvalue weighted by Crippen LogP contribution is -2.45. The molecule has 1 saturated heterocycles. The highest BCUT2D eigenvalue weighted by molar-refractivity contribution is 14.0. The highest BCUT2D eigenvalue weighted by atomic mass is 127. The van der Waals surface area contributed by atoms with Crippen molar-refractivity contribution in [3.05, 3.63) is 59.8 Å². The van der Waals surface area contributed by atoms with Crippen molar-refractivity contribution in [1.82, 2.24) is 15.6 Å². The lowest BCUT2D eigenvalue weighted by Gasteiger charge is -2.36. The van der Waals surface area contributed by atoms with E-state index in [0.717, 1.165) is 43.5 Å². The summed E-state index contributed by atoms with van der Waals surface area (Å²) in [4.78, 5) is 11.6. The average molecular weight is 509 g/mol. The molecular weight excluding hydrogens is 477 g/mol. The number of hydrogen-bond acceptors (Lipinski definition) is 4. The van der Waals surface area contributed by atoms with Crippen LogP contribution >= 0.6 is 24.0 Å². The van der Waals surface area contributed by atoms with Crippen molar-refractivity contribution in [3.8, 4) is 0 Å². The highest BCUT2D eigenvalue weighted by Crippen LogP contribution is 2.18. The molecule has 0 aliphatic carbocycles. The number of aliphatic imine (C=N–C) groups is 1. The lowest BCUT2D eigenvalue weighted by molar-refractivity contribution is -0.00545. The molecule has 1 aliphatic heterocycles. The lowest BCUT2D eigenvalue weighted by atomic mass is 10.2. The number of nitrogens with zero attached hydrogens (tertiary/aromatic N) is 3. The number of aromatic nitrogens is 1. The van der Waals surface area contributed by atoms with E-state index in [9.17, 15) is 0 Å². The summed E-state index contributed by atoms with van der Waals surface area (Å²) in [5, 5.41) is 6.67. The monoisotopic (exact) mass is 509 g/mol. The van der Waals surface area contributed by atoms with Gasteiger partial charge in [0.2, 0.25) is 0 Å². The summed E-state index contributed by atoms with van der Waals surface area (Å²) in [6, 6.07) is 14.5. The Labute approximate surface area is 191 Å². The third kappa shape index (κ3) is 7.47. The Bertz CT molecular complexity index is 744. The van der Waals surface area contributed by atoms with Crippen LogP contribution < -0.4 is 15.5 Å². The van der Waals surface area contributed by atoms with E-state index in [-0.39, 0.29) is 36.2 Å². The maximum absolute atomic E-state index is 5.80. The van der Waals surface area contributed by atoms with Gasteiger partial charge in [0.25, 0.3) is 0 Å². The molecule has 3 rings (SSSR count). The number of rotatable bonds is 6. The molecule has 2 unspecified atom stereocenters.